The first kappa shape index (κ1) is 19.5. The number of rotatable bonds is 9. The highest BCUT2D eigenvalue weighted by molar-refractivity contribution is 5.79. The molecule has 1 saturated heterocycles. The van der Waals surface area contributed by atoms with Crippen LogP contribution in [0, 0.1) is 5.92 Å². The maximum atomic E-state index is 5.48. The zero-order valence-electron chi connectivity index (χ0n) is 16.1. The SMILES string of the molecule is CCN(CCNC(=NC)NCC(C(C)C)N1CCOCC1)C1CC1. The van der Waals surface area contributed by atoms with Gasteiger partial charge < -0.3 is 15.4 Å². The summed E-state index contributed by atoms with van der Waals surface area (Å²) in [5.74, 6) is 1.53. The zero-order valence-corrected chi connectivity index (χ0v) is 16.1. The molecule has 2 aliphatic rings. The summed E-state index contributed by atoms with van der Waals surface area (Å²) >= 11 is 0. The van der Waals surface area contributed by atoms with Crippen LogP contribution in [0.3, 0.4) is 0 Å². The van der Waals surface area contributed by atoms with Crippen LogP contribution in [0.5, 0.6) is 0 Å². The van der Waals surface area contributed by atoms with E-state index in [9.17, 15) is 0 Å². The summed E-state index contributed by atoms with van der Waals surface area (Å²) in [4.78, 5) is 9.48. The molecule has 0 radical (unpaired) electrons. The van der Waals surface area contributed by atoms with E-state index in [1.807, 2.05) is 7.05 Å². The van der Waals surface area contributed by atoms with Gasteiger partial charge in [-0.2, -0.15) is 0 Å². The standard InChI is InChI=1S/C18H37N5O/c1-5-22(16-6-7-16)9-8-20-18(19-4)21-14-17(15(2)3)23-10-12-24-13-11-23/h15-17H,5-14H2,1-4H3,(H2,19,20,21). The number of likely N-dealkylation sites (N-methyl/N-ethyl adjacent to an activating group) is 1. The Kier molecular flexibility index (Phi) is 8.29. The van der Waals surface area contributed by atoms with E-state index >= 15 is 0 Å². The molecule has 1 saturated carbocycles. The maximum absolute atomic E-state index is 5.48. The fourth-order valence-corrected chi connectivity index (χ4v) is 3.47. The van der Waals surface area contributed by atoms with Crippen LogP contribution in [0.25, 0.3) is 0 Å². The smallest absolute Gasteiger partial charge is 0.191 e. The van der Waals surface area contributed by atoms with Gasteiger partial charge in [-0.05, 0) is 25.3 Å². The van der Waals surface area contributed by atoms with Crippen molar-refractivity contribution in [3.8, 4) is 0 Å². The van der Waals surface area contributed by atoms with Crippen LogP contribution in [0.2, 0.25) is 0 Å². The van der Waals surface area contributed by atoms with Crippen molar-refractivity contribution in [3.05, 3.63) is 0 Å². The van der Waals surface area contributed by atoms with Crippen LogP contribution >= 0.6 is 0 Å². The van der Waals surface area contributed by atoms with Crippen LogP contribution in [0.4, 0.5) is 0 Å². The Hall–Kier alpha value is -0.850. The summed E-state index contributed by atoms with van der Waals surface area (Å²) < 4.78 is 5.48. The fraction of sp³-hybridized carbons (Fsp3) is 0.944. The van der Waals surface area contributed by atoms with Gasteiger partial charge in [-0.15, -0.1) is 0 Å². The average molecular weight is 340 g/mol. The van der Waals surface area contributed by atoms with Crippen molar-refractivity contribution in [1.82, 2.24) is 20.4 Å². The van der Waals surface area contributed by atoms with E-state index in [4.69, 9.17) is 4.74 Å². The van der Waals surface area contributed by atoms with Gasteiger partial charge in [-0.1, -0.05) is 20.8 Å². The fourth-order valence-electron chi connectivity index (χ4n) is 3.47. The predicted molar refractivity (Wildman–Crippen MR) is 101 cm³/mol. The van der Waals surface area contributed by atoms with Gasteiger partial charge >= 0.3 is 0 Å². The number of hydrogen-bond donors (Lipinski definition) is 2. The molecule has 0 amide bonds. The molecule has 0 aromatic rings. The second kappa shape index (κ2) is 10.2. The first-order valence-corrected chi connectivity index (χ1v) is 9.66. The molecule has 2 fully saturated rings. The minimum Gasteiger partial charge on any atom is -0.379 e. The van der Waals surface area contributed by atoms with Gasteiger partial charge in [0.1, 0.15) is 0 Å². The quantitative estimate of drug-likeness (QED) is 0.485. The van der Waals surface area contributed by atoms with Crippen molar-refractivity contribution >= 4 is 5.96 Å². The summed E-state index contributed by atoms with van der Waals surface area (Å²) in [6.45, 7) is 14.7. The molecule has 0 bridgehead atoms. The van der Waals surface area contributed by atoms with E-state index in [1.54, 1.807) is 0 Å². The highest BCUT2D eigenvalue weighted by Crippen LogP contribution is 2.25. The zero-order chi connectivity index (χ0) is 17.4. The minimum atomic E-state index is 0.519. The molecule has 6 heteroatoms. The molecule has 6 nitrogen and oxygen atoms in total. The monoisotopic (exact) mass is 339 g/mol. The maximum Gasteiger partial charge on any atom is 0.191 e. The summed E-state index contributed by atoms with van der Waals surface area (Å²) in [6, 6.07) is 1.35. The Morgan fingerprint density at radius 1 is 1.25 bits per heavy atom. The summed E-state index contributed by atoms with van der Waals surface area (Å²) in [6.07, 6.45) is 2.74. The van der Waals surface area contributed by atoms with Gasteiger partial charge in [0.05, 0.1) is 13.2 Å². The predicted octanol–water partition coefficient (Wildman–Crippen LogP) is 0.993. The molecule has 24 heavy (non-hydrogen) atoms. The van der Waals surface area contributed by atoms with Gasteiger partial charge in [0.25, 0.3) is 0 Å². The molecule has 0 aromatic heterocycles. The molecule has 1 unspecified atom stereocenters. The van der Waals surface area contributed by atoms with Crippen LogP contribution in [0.1, 0.15) is 33.6 Å². The lowest BCUT2D eigenvalue weighted by Crippen LogP contribution is -2.53. The Morgan fingerprint density at radius 3 is 2.50 bits per heavy atom. The largest absolute Gasteiger partial charge is 0.379 e. The Morgan fingerprint density at radius 2 is 1.96 bits per heavy atom. The molecule has 1 aliphatic carbocycles. The lowest BCUT2D eigenvalue weighted by molar-refractivity contribution is 0.00752. The first-order valence-electron chi connectivity index (χ1n) is 9.66. The third kappa shape index (κ3) is 6.22. The highest BCUT2D eigenvalue weighted by atomic mass is 16.5. The number of guanidine groups is 1. The number of hydrogen-bond acceptors (Lipinski definition) is 4. The number of ether oxygens (including phenoxy) is 1. The van der Waals surface area contributed by atoms with Crippen LogP contribution in [0.15, 0.2) is 4.99 Å². The number of nitrogens with one attached hydrogen (secondary N) is 2. The van der Waals surface area contributed by atoms with Gasteiger partial charge in [0, 0.05) is 51.9 Å². The lowest BCUT2D eigenvalue weighted by Gasteiger charge is -2.37. The van der Waals surface area contributed by atoms with Crippen molar-refractivity contribution < 1.29 is 4.74 Å². The van der Waals surface area contributed by atoms with E-state index in [0.29, 0.717) is 12.0 Å². The first-order chi connectivity index (χ1) is 11.7. The Labute approximate surface area is 148 Å². The summed E-state index contributed by atoms with van der Waals surface area (Å²) in [7, 11) is 1.85. The average Bonchev–Trinajstić information content (AvgIpc) is 3.42. The van der Waals surface area contributed by atoms with Crippen molar-refractivity contribution in [1.29, 1.82) is 0 Å². The van der Waals surface area contributed by atoms with Gasteiger partial charge in [0.15, 0.2) is 5.96 Å². The molecule has 2 rings (SSSR count). The number of aliphatic imine (C=N–C) groups is 1. The van der Waals surface area contributed by atoms with Crippen molar-refractivity contribution in [2.45, 2.75) is 45.7 Å². The van der Waals surface area contributed by atoms with E-state index in [2.05, 4.69) is 46.2 Å². The number of morpholine rings is 1. The molecule has 1 heterocycles. The third-order valence-corrected chi connectivity index (χ3v) is 5.15. The second-order valence-electron chi connectivity index (χ2n) is 7.20. The van der Waals surface area contributed by atoms with Crippen molar-refractivity contribution in [2.24, 2.45) is 10.9 Å². The molecular weight excluding hydrogens is 302 g/mol. The van der Waals surface area contributed by atoms with Crippen molar-refractivity contribution in [3.63, 3.8) is 0 Å². The topological polar surface area (TPSA) is 52.1 Å². The summed E-state index contributed by atoms with van der Waals surface area (Å²) in [5.41, 5.74) is 0. The van der Waals surface area contributed by atoms with Gasteiger partial charge in [-0.25, -0.2) is 0 Å². The van der Waals surface area contributed by atoms with E-state index in [-0.39, 0.29) is 0 Å². The van der Waals surface area contributed by atoms with Crippen LogP contribution in [-0.2, 0) is 4.74 Å². The summed E-state index contributed by atoms with van der Waals surface area (Å²) in [5, 5.41) is 6.99. The Bertz CT molecular complexity index is 378. The second-order valence-corrected chi connectivity index (χ2v) is 7.20. The van der Waals surface area contributed by atoms with Crippen molar-refractivity contribution in [2.75, 3.05) is 59.5 Å². The van der Waals surface area contributed by atoms with Crippen LogP contribution < -0.4 is 10.6 Å². The number of nitrogens with zero attached hydrogens (tertiary/aromatic N) is 3. The van der Waals surface area contributed by atoms with E-state index in [0.717, 1.165) is 64.5 Å². The van der Waals surface area contributed by atoms with Gasteiger partial charge in [0.2, 0.25) is 0 Å². The third-order valence-electron chi connectivity index (χ3n) is 5.15. The molecule has 1 aliphatic heterocycles. The normalized spacial score (nSPS) is 21.3. The minimum absolute atomic E-state index is 0.519. The molecule has 140 valence electrons. The van der Waals surface area contributed by atoms with E-state index in [1.165, 1.54) is 12.8 Å². The van der Waals surface area contributed by atoms with Crippen LogP contribution in [-0.4, -0.2) is 87.4 Å². The van der Waals surface area contributed by atoms with Gasteiger partial charge in [-0.3, -0.25) is 14.8 Å². The molecule has 2 N–H and O–H groups in total. The lowest BCUT2D eigenvalue weighted by atomic mass is 10.0. The molecule has 0 aromatic carbocycles. The molecule has 0 spiro atoms. The molecular formula is C18H37N5O. The van der Waals surface area contributed by atoms with E-state index < -0.39 is 0 Å². The highest BCUT2D eigenvalue weighted by Gasteiger charge is 2.27. The molecule has 1 atom stereocenters. The Balaban J connectivity index is 1.72.